The zero-order chi connectivity index (χ0) is 21.8. The molecular formula is C20H18F3N3O3S. The summed E-state index contributed by atoms with van der Waals surface area (Å²) in [6.07, 6.45) is -3.79. The number of hydrogen-bond acceptors (Lipinski definition) is 5. The lowest BCUT2D eigenvalue weighted by Crippen LogP contribution is -2.14. The van der Waals surface area contributed by atoms with Crippen molar-refractivity contribution in [1.29, 1.82) is 0 Å². The van der Waals surface area contributed by atoms with Crippen LogP contribution >= 0.6 is 0 Å². The molecule has 0 unspecified atom stereocenters. The van der Waals surface area contributed by atoms with Crippen molar-refractivity contribution in [3.8, 4) is 17.1 Å². The number of benzene rings is 2. The van der Waals surface area contributed by atoms with E-state index in [1.54, 1.807) is 24.3 Å². The zero-order valence-electron chi connectivity index (χ0n) is 15.8. The third-order valence-corrected chi connectivity index (χ3v) is 5.38. The molecule has 158 valence electrons. The number of ether oxygens (including phenoxy) is 1. The molecule has 0 bridgehead atoms. The lowest BCUT2D eigenvalue weighted by Gasteiger charge is -2.11. The van der Waals surface area contributed by atoms with Crippen LogP contribution in [-0.2, 0) is 16.2 Å². The molecule has 0 radical (unpaired) electrons. The first kappa shape index (κ1) is 21.6. The summed E-state index contributed by atoms with van der Waals surface area (Å²) in [5.41, 5.74) is 0.412. The Labute approximate surface area is 171 Å². The van der Waals surface area contributed by atoms with Crippen LogP contribution < -0.4 is 9.46 Å². The molecule has 0 aliphatic rings. The van der Waals surface area contributed by atoms with E-state index in [4.69, 9.17) is 4.74 Å². The second kappa shape index (κ2) is 8.70. The summed E-state index contributed by atoms with van der Waals surface area (Å²) in [5.74, 6) is 0.408. The van der Waals surface area contributed by atoms with Crippen LogP contribution in [0.3, 0.4) is 0 Å². The highest BCUT2D eigenvalue weighted by Crippen LogP contribution is 2.31. The van der Waals surface area contributed by atoms with Crippen LogP contribution in [0.15, 0.2) is 65.6 Å². The molecule has 1 heterocycles. The Bertz CT molecular complexity index is 1100. The minimum Gasteiger partial charge on any atom is -0.477 e. The Morgan fingerprint density at radius 1 is 1.00 bits per heavy atom. The zero-order valence-corrected chi connectivity index (χ0v) is 16.7. The fourth-order valence-electron chi connectivity index (χ4n) is 2.52. The van der Waals surface area contributed by atoms with Gasteiger partial charge < -0.3 is 4.74 Å². The predicted molar refractivity (Wildman–Crippen MR) is 106 cm³/mol. The second-order valence-corrected chi connectivity index (χ2v) is 8.00. The first-order chi connectivity index (χ1) is 14.2. The molecule has 0 aliphatic carbocycles. The van der Waals surface area contributed by atoms with E-state index < -0.39 is 26.7 Å². The summed E-state index contributed by atoms with van der Waals surface area (Å²) in [5, 5.41) is 8.03. The number of hydrogen-bond donors (Lipinski definition) is 1. The van der Waals surface area contributed by atoms with Crippen molar-refractivity contribution in [2.24, 2.45) is 0 Å². The number of halogens is 3. The average Bonchev–Trinajstić information content (AvgIpc) is 2.72. The van der Waals surface area contributed by atoms with Crippen molar-refractivity contribution < 1.29 is 26.3 Å². The summed E-state index contributed by atoms with van der Waals surface area (Å²) in [6, 6.07) is 13.2. The molecule has 1 aromatic heterocycles. The van der Waals surface area contributed by atoms with Gasteiger partial charge in [-0.15, -0.1) is 10.2 Å². The van der Waals surface area contributed by atoms with E-state index in [1.165, 1.54) is 12.1 Å². The maximum absolute atomic E-state index is 12.8. The molecule has 6 nitrogen and oxygen atoms in total. The Kier molecular flexibility index (Phi) is 6.25. The highest BCUT2D eigenvalue weighted by atomic mass is 32.2. The first-order valence-electron chi connectivity index (χ1n) is 8.96. The standard InChI is InChI=1S/C20H18F3N3O3S/c1-2-12-29-19-11-10-18(24-25-19)14-6-8-16(9-7-14)26-30(27,28)17-5-3-4-15(13-17)20(21,22)23/h3-11,13,26H,2,12H2,1H3. The summed E-state index contributed by atoms with van der Waals surface area (Å²) < 4.78 is 71.1. The van der Waals surface area contributed by atoms with Crippen LogP contribution in [0.1, 0.15) is 18.9 Å². The Balaban J connectivity index is 1.75. The molecule has 0 fully saturated rings. The predicted octanol–water partition coefficient (Wildman–Crippen LogP) is 4.75. The largest absolute Gasteiger partial charge is 0.477 e. The van der Waals surface area contributed by atoms with Gasteiger partial charge in [-0.1, -0.05) is 25.1 Å². The first-order valence-corrected chi connectivity index (χ1v) is 10.4. The van der Waals surface area contributed by atoms with Gasteiger partial charge in [-0.2, -0.15) is 13.2 Å². The third kappa shape index (κ3) is 5.26. The van der Waals surface area contributed by atoms with Gasteiger partial charge in [-0.25, -0.2) is 8.42 Å². The van der Waals surface area contributed by atoms with Gasteiger partial charge >= 0.3 is 6.18 Å². The molecule has 0 spiro atoms. The molecule has 0 saturated heterocycles. The summed E-state index contributed by atoms with van der Waals surface area (Å²) in [4.78, 5) is -0.477. The number of rotatable bonds is 7. The normalized spacial score (nSPS) is 11.9. The Morgan fingerprint density at radius 2 is 1.73 bits per heavy atom. The van der Waals surface area contributed by atoms with Gasteiger partial charge in [0.05, 0.1) is 22.8 Å². The minimum atomic E-state index is -4.63. The third-order valence-electron chi connectivity index (χ3n) is 4.00. The van der Waals surface area contributed by atoms with Crippen molar-refractivity contribution >= 4 is 15.7 Å². The van der Waals surface area contributed by atoms with Gasteiger partial charge in [0.15, 0.2) is 0 Å². The molecule has 0 aliphatic heterocycles. The summed E-state index contributed by atoms with van der Waals surface area (Å²) in [6.45, 7) is 2.51. The number of alkyl halides is 3. The quantitative estimate of drug-likeness (QED) is 0.577. The molecule has 2 aromatic carbocycles. The van der Waals surface area contributed by atoms with E-state index in [0.717, 1.165) is 24.6 Å². The van der Waals surface area contributed by atoms with Gasteiger partial charge in [-0.3, -0.25) is 4.72 Å². The van der Waals surface area contributed by atoms with Gasteiger partial charge in [0.1, 0.15) is 0 Å². The van der Waals surface area contributed by atoms with Crippen LogP contribution in [0.4, 0.5) is 18.9 Å². The smallest absolute Gasteiger partial charge is 0.416 e. The van der Waals surface area contributed by atoms with Gasteiger partial charge in [0.25, 0.3) is 10.0 Å². The van der Waals surface area contributed by atoms with Crippen LogP contribution in [0.25, 0.3) is 11.3 Å². The number of nitrogens with zero attached hydrogens (tertiary/aromatic N) is 2. The molecule has 0 saturated carbocycles. The van der Waals surface area contributed by atoms with E-state index in [0.29, 0.717) is 29.8 Å². The second-order valence-electron chi connectivity index (χ2n) is 6.31. The number of sulfonamides is 1. The van der Waals surface area contributed by atoms with Crippen molar-refractivity contribution in [2.45, 2.75) is 24.4 Å². The van der Waals surface area contributed by atoms with Crippen LogP contribution in [-0.4, -0.2) is 25.2 Å². The van der Waals surface area contributed by atoms with Crippen LogP contribution in [0.2, 0.25) is 0 Å². The molecule has 3 aromatic rings. The lowest BCUT2D eigenvalue weighted by molar-refractivity contribution is -0.137. The van der Waals surface area contributed by atoms with E-state index >= 15 is 0 Å². The fourth-order valence-corrected chi connectivity index (χ4v) is 3.62. The highest BCUT2D eigenvalue weighted by Gasteiger charge is 2.31. The molecule has 30 heavy (non-hydrogen) atoms. The summed E-state index contributed by atoms with van der Waals surface area (Å²) in [7, 11) is -4.18. The number of anilines is 1. The minimum absolute atomic E-state index is 0.201. The molecule has 3 rings (SSSR count). The molecule has 0 amide bonds. The Morgan fingerprint density at radius 3 is 2.33 bits per heavy atom. The van der Waals surface area contributed by atoms with E-state index in [-0.39, 0.29) is 5.69 Å². The van der Waals surface area contributed by atoms with Crippen molar-refractivity contribution in [3.05, 3.63) is 66.2 Å². The van der Waals surface area contributed by atoms with E-state index in [1.807, 2.05) is 6.92 Å². The van der Waals surface area contributed by atoms with Crippen molar-refractivity contribution in [1.82, 2.24) is 10.2 Å². The van der Waals surface area contributed by atoms with Crippen molar-refractivity contribution in [3.63, 3.8) is 0 Å². The lowest BCUT2D eigenvalue weighted by atomic mass is 10.1. The summed E-state index contributed by atoms with van der Waals surface area (Å²) >= 11 is 0. The van der Waals surface area contributed by atoms with Crippen LogP contribution in [0, 0.1) is 0 Å². The highest BCUT2D eigenvalue weighted by molar-refractivity contribution is 7.92. The average molecular weight is 437 g/mol. The maximum Gasteiger partial charge on any atom is 0.416 e. The maximum atomic E-state index is 12.8. The SMILES string of the molecule is CCCOc1ccc(-c2ccc(NS(=O)(=O)c3cccc(C(F)(F)F)c3)cc2)nn1. The fraction of sp³-hybridized carbons (Fsp3) is 0.200. The number of aromatic nitrogens is 2. The number of nitrogens with one attached hydrogen (secondary N) is 1. The molecule has 1 N–H and O–H groups in total. The van der Waals surface area contributed by atoms with Gasteiger partial charge in [-0.05, 0) is 42.8 Å². The van der Waals surface area contributed by atoms with Gasteiger partial charge in [0.2, 0.25) is 5.88 Å². The monoisotopic (exact) mass is 437 g/mol. The van der Waals surface area contributed by atoms with Gasteiger partial charge in [0, 0.05) is 17.3 Å². The molecule has 0 atom stereocenters. The van der Waals surface area contributed by atoms with Crippen molar-refractivity contribution in [2.75, 3.05) is 11.3 Å². The van der Waals surface area contributed by atoms with E-state index in [2.05, 4.69) is 14.9 Å². The van der Waals surface area contributed by atoms with E-state index in [9.17, 15) is 21.6 Å². The Hall–Kier alpha value is -3.14. The van der Waals surface area contributed by atoms with Crippen LogP contribution in [0.5, 0.6) is 5.88 Å². The topological polar surface area (TPSA) is 81.2 Å². The molecular weight excluding hydrogens is 419 g/mol. The molecule has 10 heteroatoms.